The predicted molar refractivity (Wildman–Crippen MR) is 46.0 cm³/mol. The molecule has 0 aromatic heterocycles. The fraction of sp³-hybridized carbons (Fsp3) is 0.333. The van der Waals surface area contributed by atoms with Gasteiger partial charge in [0.15, 0.2) is 0 Å². The Balaban J connectivity index is 2.81. The molecule has 0 heterocycles. The lowest BCUT2D eigenvalue weighted by Gasteiger charge is -2.13. The zero-order chi connectivity index (χ0) is 8.27. The van der Waals surface area contributed by atoms with Crippen LogP contribution >= 0.6 is 0 Å². The van der Waals surface area contributed by atoms with Crippen LogP contribution in [0.1, 0.15) is 12.5 Å². The third kappa shape index (κ3) is 1.95. The van der Waals surface area contributed by atoms with E-state index >= 15 is 0 Å². The smallest absolute Gasteiger partial charge is 0.0634 e. The van der Waals surface area contributed by atoms with Gasteiger partial charge in [-0.3, -0.25) is 10.3 Å². The average Bonchev–Trinajstić information content (AvgIpc) is 2.05. The van der Waals surface area contributed by atoms with Crippen LogP contribution < -0.4 is 5.06 Å². The minimum atomic E-state index is 0.614. The lowest BCUT2D eigenvalue weighted by Crippen LogP contribution is -2.16. The largest absolute Gasteiger partial charge is 0.288 e. The molecule has 0 aliphatic rings. The zero-order valence-electron chi connectivity index (χ0n) is 6.91. The van der Waals surface area contributed by atoms with Gasteiger partial charge in [0.1, 0.15) is 0 Å². The van der Waals surface area contributed by atoms with Crippen molar-refractivity contribution in [2.75, 3.05) is 11.6 Å². The Morgan fingerprint density at radius 1 is 1.27 bits per heavy atom. The summed E-state index contributed by atoms with van der Waals surface area (Å²) < 4.78 is 0. The normalized spacial score (nSPS) is 9.73. The van der Waals surface area contributed by atoms with Crippen molar-refractivity contribution in [3.8, 4) is 0 Å². The highest BCUT2D eigenvalue weighted by molar-refractivity contribution is 5.44. The molecule has 0 unspecified atom stereocenters. The average molecular weight is 151 g/mol. The molecule has 0 aliphatic carbocycles. The number of anilines is 1. The van der Waals surface area contributed by atoms with Crippen molar-refractivity contribution in [3.05, 3.63) is 29.8 Å². The van der Waals surface area contributed by atoms with Crippen molar-refractivity contribution in [1.82, 2.24) is 0 Å². The summed E-state index contributed by atoms with van der Waals surface area (Å²) >= 11 is 0. The van der Waals surface area contributed by atoms with E-state index in [1.807, 2.05) is 38.1 Å². The molecule has 1 rings (SSSR count). The highest BCUT2D eigenvalue weighted by atomic mass is 16.5. The zero-order valence-corrected chi connectivity index (χ0v) is 6.91. The summed E-state index contributed by atoms with van der Waals surface area (Å²) in [7, 11) is 0. The second kappa shape index (κ2) is 3.39. The van der Waals surface area contributed by atoms with Gasteiger partial charge in [-0.25, -0.2) is 0 Å². The molecule has 0 atom stereocenters. The Morgan fingerprint density at radius 3 is 2.27 bits per heavy atom. The minimum Gasteiger partial charge on any atom is -0.288 e. The standard InChI is InChI=1S/C9H13NO/c1-3-10(11)9-6-4-8(2)5-7-9/h4-7,11H,3H2,1-2H3. The minimum absolute atomic E-state index is 0.614. The number of hydrogen-bond donors (Lipinski definition) is 1. The molecule has 0 radical (unpaired) electrons. The van der Waals surface area contributed by atoms with E-state index in [4.69, 9.17) is 0 Å². The molecule has 0 saturated carbocycles. The van der Waals surface area contributed by atoms with Gasteiger partial charge in [-0.2, -0.15) is 0 Å². The molecule has 0 saturated heterocycles. The maximum absolute atomic E-state index is 9.25. The van der Waals surface area contributed by atoms with Crippen LogP contribution in [0.15, 0.2) is 24.3 Å². The predicted octanol–water partition coefficient (Wildman–Crippen LogP) is 2.21. The van der Waals surface area contributed by atoms with E-state index in [1.54, 1.807) is 0 Å². The second-order valence-corrected chi connectivity index (χ2v) is 2.55. The summed E-state index contributed by atoms with van der Waals surface area (Å²) in [5, 5.41) is 10.5. The van der Waals surface area contributed by atoms with Crippen molar-refractivity contribution < 1.29 is 5.21 Å². The van der Waals surface area contributed by atoms with E-state index in [2.05, 4.69) is 0 Å². The topological polar surface area (TPSA) is 23.5 Å². The summed E-state index contributed by atoms with van der Waals surface area (Å²) in [6.45, 7) is 4.54. The third-order valence-electron chi connectivity index (χ3n) is 1.63. The molecule has 2 nitrogen and oxygen atoms in total. The van der Waals surface area contributed by atoms with Crippen molar-refractivity contribution in [1.29, 1.82) is 0 Å². The Labute approximate surface area is 67.0 Å². The number of nitrogens with zero attached hydrogens (tertiary/aromatic N) is 1. The molecule has 0 aliphatic heterocycles. The third-order valence-corrected chi connectivity index (χ3v) is 1.63. The maximum atomic E-state index is 9.25. The van der Waals surface area contributed by atoms with E-state index in [9.17, 15) is 5.21 Å². The van der Waals surface area contributed by atoms with Gasteiger partial charge in [0.05, 0.1) is 5.69 Å². The molecule has 0 fully saturated rings. The molecule has 1 aromatic rings. The Hall–Kier alpha value is -1.02. The first-order valence-electron chi connectivity index (χ1n) is 3.77. The Kier molecular flexibility index (Phi) is 2.49. The van der Waals surface area contributed by atoms with Gasteiger partial charge in [0, 0.05) is 6.54 Å². The van der Waals surface area contributed by atoms with E-state index in [1.165, 1.54) is 10.6 Å². The Bertz CT molecular complexity index is 218. The van der Waals surface area contributed by atoms with Gasteiger partial charge in [0.2, 0.25) is 0 Å². The van der Waals surface area contributed by atoms with Crippen LogP contribution in [0.4, 0.5) is 5.69 Å². The number of hydroxylamine groups is 1. The van der Waals surface area contributed by atoms with Crippen LogP contribution in [-0.2, 0) is 0 Å². The lowest BCUT2D eigenvalue weighted by molar-refractivity contribution is 0.260. The molecule has 11 heavy (non-hydrogen) atoms. The van der Waals surface area contributed by atoms with Crippen LogP contribution in [0.25, 0.3) is 0 Å². The van der Waals surface area contributed by atoms with Gasteiger partial charge < -0.3 is 0 Å². The summed E-state index contributed by atoms with van der Waals surface area (Å²) in [4.78, 5) is 0. The van der Waals surface area contributed by atoms with Gasteiger partial charge >= 0.3 is 0 Å². The van der Waals surface area contributed by atoms with Crippen molar-refractivity contribution in [2.24, 2.45) is 0 Å². The van der Waals surface area contributed by atoms with Crippen molar-refractivity contribution >= 4 is 5.69 Å². The molecule has 60 valence electrons. The second-order valence-electron chi connectivity index (χ2n) is 2.55. The molecule has 0 amide bonds. The Morgan fingerprint density at radius 2 is 1.82 bits per heavy atom. The van der Waals surface area contributed by atoms with Gasteiger partial charge in [-0.05, 0) is 26.0 Å². The van der Waals surface area contributed by atoms with E-state index in [0.29, 0.717) is 6.54 Å². The first-order valence-corrected chi connectivity index (χ1v) is 3.77. The number of hydrogen-bond acceptors (Lipinski definition) is 2. The fourth-order valence-corrected chi connectivity index (χ4v) is 0.899. The lowest BCUT2D eigenvalue weighted by atomic mass is 10.2. The summed E-state index contributed by atoms with van der Waals surface area (Å²) in [6, 6.07) is 7.76. The number of rotatable bonds is 2. The van der Waals surface area contributed by atoms with Gasteiger partial charge in [0.25, 0.3) is 0 Å². The SMILES string of the molecule is CCN(O)c1ccc(C)cc1. The van der Waals surface area contributed by atoms with E-state index in [-0.39, 0.29) is 0 Å². The monoisotopic (exact) mass is 151 g/mol. The highest BCUT2D eigenvalue weighted by Crippen LogP contribution is 2.11. The summed E-state index contributed by atoms with van der Waals surface area (Å²) in [5.74, 6) is 0. The molecule has 0 spiro atoms. The number of aryl methyl sites for hydroxylation is 1. The van der Waals surface area contributed by atoms with Gasteiger partial charge in [-0.15, -0.1) is 0 Å². The van der Waals surface area contributed by atoms with Crippen LogP contribution in [-0.4, -0.2) is 11.8 Å². The van der Waals surface area contributed by atoms with Crippen molar-refractivity contribution in [2.45, 2.75) is 13.8 Å². The van der Waals surface area contributed by atoms with Crippen molar-refractivity contribution in [3.63, 3.8) is 0 Å². The molecular formula is C9H13NO. The van der Waals surface area contributed by atoms with Crippen LogP contribution in [0.2, 0.25) is 0 Å². The van der Waals surface area contributed by atoms with Crippen LogP contribution in [0.3, 0.4) is 0 Å². The number of benzene rings is 1. The van der Waals surface area contributed by atoms with Crippen LogP contribution in [0.5, 0.6) is 0 Å². The molecular weight excluding hydrogens is 138 g/mol. The van der Waals surface area contributed by atoms with Gasteiger partial charge in [-0.1, -0.05) is 17.7 Å². The van der Waals surface area contributed by atoms with E-state index < -0.39 is 0 Å². The van der Waals surface area contributed by atoms with E-state index in [0.717, 1.165) is 5.69 Å². The molecule has 1 aromatic carbocycles. The molecule has 0 bridgehead atoms. The molecule has 2 heteroatoms. The van der Waals surface area contributed by atoms with Crippen LogP contribution in [0, 0.1) is 6.92 Å². The summed E-state index contributed by atoms with van der Waals surface area (Å²) in [6.07, 6.45) is 0. The molecule has 1 N–H and O–H groups in total. The highest BCUT2D eigenvalue weighted by Gasteiger charge is 1.96. The summed E-state index contributed by atoms with van der Waals surface area (Å²) in [5.41, 5.74) is 2.05. The first kappa shape index (κ1) is 8.08. The fourth-order valence-electron chi connectivity index (χ4n) is 0.899. The first-order chi connectivity index (χ1) is 5.24. The quantitative estimate of drug-likeness (QED) is 0.655. The maximum Gasteiger partial charge on any atom is 0.0634 e.